The lowest BCUT2D eigenvalue weighted by atomic mass is 9.93. The number of ether oxygens (including phenoxy) is 1. The number of aryl methyl sites for hydroxylation is 3. The Bertz CT molecular complexity index is 1220. The molecule has 7 nitrogen and oxygen atoms in total. The maximum atomic E-state index is 13.1. The van der Waals surface area contributed by atoms with E-state index >= 15 is 0 Å². The lowest BCUT2D eigenvalue weighted by Crippen LogP contribution is -2.40. The highest BCUT2D eigenvalue weighted by molar-refractivity contribution is 5.96. The number of aromatic nitrogens is 2. The zero-order chi connectivity index (χ0) is 23.1. The maximum absolute atomic E-state index is 13.1. The van der Waals surface area contributed by atoms with Crippen molar-refractivity contribution >= 4 is 17.5 Å². The molecule has 0 fully saturated rings. The van der Waals surface area contributed by atoms with E-state index in [-0.39, 0.29) is 17.9 Å². The third kappa shape index (κ3) is 3.88. The van der Waals surface area contributed by atoms with Crippen molar-refractivity contribution in [2.45, 2.75) is 45.7 Å². The van der Waals surface area contributed by atoms with Crippen molar-refractivity contribution < 1.29 is 14.3 Å². The normalized spacial score (nSPS) is 16.8. The highest BCUT2D eigenvalue weighted by Crippen LogP contribution is 2.37. The maximum Gasteiger partial charge on any atom is 0.251 e. The predicted molar refractivity (Wildman–Crippen MR) is 127 cm³/mol. The number of fused-ring (bicyclic) bond motifs is 2. The van der Waals surface area contributed by atoms with Gasteiger partial charge in [-0.3, -0.25) is 9.59 Å². The fourth-order valence-corrected chi connectivity index (χ4v) is 4.85. The van der Waals surface area contributed by atoms with E-state index in [1.54, 1.807) is 25.0 Å². The zero-order valence-electron chi connectivity index (χ0n) is 19.2. The Morgan fingerprint density at radius 2 is 2.00 bits per heavy atom. The van der Waals surface area contributed by atoms with Gasteiger partial charge in [-0.25, -0.2) is 4.98 Å². The van der Waals surface area contributed by atoms with E-state index in [2.05, 4.69) is 22.1 Å². The van der Waals surface area contributed by atoms with Crippen LogP contribution in [0.1, 0.15) is 53.1 Å². The molecule has 0 spiro atoms. The lowest BCUT2D eigenvalue weighted by Gasteiger charge is -2.34. The van der Waals surface area contributed by atoms with Gasteiger partial charge in [0.1, 0.15) is 11.6 Å². The molecule has 0 unspecified atom stereocenters. The van der Waals surface area contributed by atoms with Crippen molar-refractivity contribution in [2.75, 3.05) is 18.6 Å². The number of carbonyl (C=O) groups excluding carboxylic acids is 2. The minimum atomic E-state index is -0.204. The van der Waals surface area contributed by atoms with Crippen LogP contribution in [0, 0.1) is 6.92 Å². The van der Waals surface area contributed by atoms with E-state index in [9.17, 15) is 9.59 Å². The van der Waals surface area contributed by atoms with E-state index in [1.165, 1.54) is 0 Å². The Hall–Kier alpha value is -3.61. The van der Waals surface area contributed by atoms with Gasteiger partial charge in [0.15, 0.2) is 0 Å². The second-order valence-electron chi connectivity index (χ2n) is 8.78. The standard InChI is InChI=1S/C26H28N4O3/c1-16-6-7-19(14-24(16)33-3)26(32)28-21-10-12-30(17(2)31)23-9-8-18(13-20(21)23)22-15-29-11-4-5-25(29)27-22/h6-9,13-15,21H,4-5,10-12H2,1-3H3,(H,28,32)/t21-/m1/s1. The Morgan fingerprint density at radius 1 is 1.15 bits per heavy atom. The summed E-state index contributed by atoms with van der Waals surface area (Å²) < 4.78 is 7.59. The lowest BCUT2D eigenvalue weighted by molar-refractivity contribution is -0.116. The molecule has 2 aliphatic heterocycles. The van der Waals surface area contributed by atoms with Gasteiger partial charge in [-0.15, -0.1) is 0 Å². The van der Waals surface area contributed by atoms with Crippen LogP contribution in [0.2, 0.25) is 0 Å². The molecule has 0 saturated heterocycles. The molecule has 0 aliphatic carbocycles. The summed E-state index contributed by atoms with van der Waals surface area (Å²) in [6.07, 6.45) is 4.88. The van der Waals surface area contributed by atoms with Crippen LogP contribution < -0.4 is 15.0 Å². The van der Waals surface area contributed by atoms with E-state index in [1.807, 2.05) is 31.2 Å². The largest absolute Gasteiger partial charge is 0.496 e. The smallest absolute Gasteiger partial charge is 0.251 e. The number of methoxy groups -OCH3 is 1. The van der Waals surface area contributed by atoms with Crippen LogP contribution in [0.4, 0.5) is 5.69 Å². The number of imidazole rings is 1. The van der Waals surface area contributed by atoms with Crippen molar-refractivity contribution in [1.29, 1.82) is 0 Å². The molecule has 1 atom stereocenters. The van der Waals surface area contributed by atoms with Crippen LogP contribution in [0.5, 0.6) is 5.75 Å². The van der Waals surface area contributed by atoms with Gasteiger partial charge in [-0.05, 0) is 55.2 Å². The minimum absolute atomic E-state index is 0.00184. The summed E-state index contributed by atoms with van der Waals surface area (Å²) in [5, 5.41) is 3.18. The molecule has 2 amide bonds. The first-order chi connectivity index (χ1) is 15.9. The van der Waals surface area contributed by atoms with Crippen LogP contribution in [0.15, 0.2) is 42.6 Å². The number of amides is 2. The highest BCUT2D eigenvalue weighted by atomic mass is 16.5. The molecule has 0 radical (unpaired) electrons. The first-order valence-corrected chi connectivity index (χ1v) is 11.4. The molecule has 33 heavy (non-hydrogen) atoms. The number of rotatable bonds is 4. The third-order valence-corrected chi connectivity index (χ3v) is 6.65. The Kier molecular flexibility index (Phi) is 5.40. The van der Waals surface area contributed by atoms with E-state index in [0.717, 1.165) is 53.3 Å². The van der Waals surface area contributed by atoms with Gasteiger partial charge < -0.3 is 19.5 Å². The zero-order valence-corrected chi connectivity index (χ0v) is 19.2. The number of hydrogen-bond acceptors (Lipinski definition) is 4. The molecule has 0 bridgehead atoms. The molecule has 2 aromatic carbocycles. The van der Waals surface area contributed by atoms with Gasteiger partial charge in [-0.1, -0.05) is 12.1 Å². The molecule has 3 aromatic rings. The number of hydrogen-bond donors (Lipinski definition) is 1. The first-order valence-electron chi connectivity index (χ1n) is 11.4. The van der Waals surface area contributed by atoms with E-state index < -0.39 is 0 Å². The molecule has 1 N–H and O–H groups in total. The van der Waals surface area contributed by atoms with Crippen molar-refractivity contribution in [3.05, 3.63) is 65.1 Å². The molecular formula is C26H28N4O3. The van der Waals surface area contributed by atoms with Gasteiger partial charge in [0, 0.05) is 49.4 Å². The van der Waals surface area contributed by atoms with Crippen molar-refractivity contribution in [1.82, 2.24) is 14.9 Å². The van der Waals surface area contributed by atoms with Crippen LogP contribution in [-0.2, 0) is 17.8 Å². The summed E-state index contributed by atoms with van der Waals surface area (Å²) in [5.41, 5.74) is 5.24. The first kappa shape index (κ1) is 21.2. The number of benzene rings is 2. The summed E-state index contributed by atoms with van der Waals surface area (Å²) in [7, 11) is 1.60. The summed E-state index contributed by atoms with van der Waals surface area (Å²) in [6.45, 7) is 5.09. The van der Waals surface area contributed by atoms with Gasteiger partial charge >= 0.3 is 0 Å². The fourth-order valence-electron chi connectivity index (χ4n) is 4.85. The van der Waals surface area contributed by atoms with Crippen LogP contribution >= 0.6 is 0 Å². The highest BCUT2D eigenvalue weighted by Gasteiger charge is 2.29. The van der Waals surface area contributed by atoms with Crippen molar-refractivity contribution in [2.24, 2.45) is 0 Å². The van der Waals surface area contributed by atoms with E-state index in [0.29, 0.717) is 24.3 Å². The summed E-state index contributed by atoms with van der Waals surface area (Å²) in [5.74, 6) is 1.64. The minimum Gasteiger partial charge on any atom is -0.496 e. The average molecular weight is 445 g/mol. The number of nitrogens with one attached hydrogen (secondary N) is 1. The second kappa shape index (κ2) is 8.39. The number of nitrogens with zero attached hydrogens (tertiary/aromatic N) is 3. The summed E-state index contributed by atoms with van der Waals surface area (Å²) in [4.78, 5) is 32.0. The molecule has 170 valence electrons. The SMILES string of the molecule is COc1cc(C(=O)N[C@@H]2CCN(C(C)=O)c3ccc(-c4cn5c(n4)CCC5)cc32)ccc1C. The molecule has 5 rings (SSSR count). The molecule has 2 aliphatic rings. The molecule has 1 aromatic heterocycles. The van der Waals surface area contributed by atoms with Crippen molar-refractivity contribution in [3.8, 4) is 17.0 Å². The summed E-state index contributed by atoms with van der Waals surface area (Å²) in [6, 6.07) is 11.3. The topological polar surface area (TPSA) is 76.5 Å². The van der Waals surface area contributed by atoms with E-state index in [4.69, 9.17) is 9.72 Å². The van der Waals surface area contributed by atoms with Gasteiger partial charge in [0.25, 0.3) is 5.91 Å². The molecular weight excluding hydrogens is 416 g/mol. The fraction of sp³-hybridized carbons (Fsp3) is 0.346. The third-order valence-electron chi connectivity index (χ3n) is 6.65. The van der Waals surface area contributed by atoms with Crippen LogP contribution in [-0.4, -0.2) is 35.0 Å². The monoisotopic (exact) mass is 444 g/mol. The van der Waals surface area contributed by atoms with Crippen LogP contribution in [0.3, 0.4) is 0 Å². The molecule has 0 saturated carbocycles. The summed E-state index contributed by atoms with van der Waals surface area (Å²) >= 11 is 0. The molecule has 3 heterocycles. The Balaban J connectivity index is 1.48. The predicted octanol–water partition coefficient (Wildman–Crippen LogP) is 4.04. The Morgan fingerprint density at radius 3 is 2.76 bits per heavy atom. The quantitative estimate of drug-likeness (QED) is 0.659. The Labute approximate surface area is 193 Å². The van der Waals surface area contributed by atoms with Crippen LogP contribution in [0.25, 0.3) is 11.3 Å². The van der Waals surface area contributed by atoms with Gasteiger partial charge in [0.2, 0.25) is 5.91 Å². The molecule has 7 heteroatoms. The number of anilines is 1. The second-order valence-corrected chi connectivity index (χ2v) is 8.78. The number of carbonyl (C=O) groups is 2. The average Bonchev–Trinajstić information content (AvgIpc) is 3.41. The van der Waals surface area contributed by atoms with Gasteiger partial charge in [-0.2, -0.15) is 0 Å². The van der Waals surface area contributed by atoms with Crippen molar-refractivity contribution in [3.63, 3.8) is 0 Å². The van der Waals surface area contributed by atoms with Gasteiger partial charge in [0.05, 0.1) is 18.8 Å².